The summed E-state index contributed by atoms with van der Waals surface area (Å²) in [5.41, 5.74) is 2.07. The van der Waals surface area contributed by atoms with Crippen LogP contribution in [0.4, 0.5) is 5.82 Å². The number of pyridine rings is 1. The molecule has 0 spiro atoms. The van der Waals surface area contributed by atoms with Crippen LogP contribution in [0.25, 0.3) is 0 Å². The quantitative estimate of drug-likeness (QED) is 0.456. The van der Waals surface area contributed by atoms with Crippen LogP contribution in [0, 0.1) is 0 Å². The van der Waals surface area contributed by atoms with Crippen molar-refractivity contribution in [3.8, 4) is 17.2 Å². The zero-order chi connectivity index (χ0) is 21.9. The first-order valence-corrected chi connectivity index (χ1v) is 10.0. The highest BCUT2D eigenvalue weighted by molar-refractivity contribution is 5.79. The van der Waals surface area contributed by atoms with Crippen LogP contribution < -0.4 is 29.7 Å². The fraction of sp³-hybridized carbons (Fsp3) is 0.455. The Hall–Kier alpha value is -3.16. The Balaban J connectivity index is 1.97. The topological polar surface area (TPSA) is 80.2 Å². The number of rotatable bonds is 10. The number of benzene rings is 1. The van der Waals surface area contributed by atoms with Gasteiger partial charge in [0.05, 0.1) is 21.3 Å². The lowest BCUT2D eigenvalue weighted by atomic mass is 10.2. The fourth-order valence-corrected chi connectivity index (χ4v) is 3.09. The van der Waals surface area contributed by atoms with Crippen LogP contribution in [0.5, 0.6) is 17.2 Å². The Morgan fingerprint density at radius 2 is 1.53 bits per heavy atom. The summed E-state index contributed by atoms with van der Waals surface area (Å²) >= 11 is 0. The van der Waals surface area contributed by atoms with E-state index in [1.165, 1.54) is 0 Å². The largest absolute Gasteiger partial charge is 0.493 e. The molecule has 0 saturated heterocycles. The van der Waals surface area contributed by atoms with Crippen LogP contribution >= 0.6 is 0 Å². The molecule has 2 N–H and O–H groups in total. The molecule has 0 atom stereocenters. The molecular formula is C22H33N5O3. The molecule has 30 heavy (non-hydrogen) atoms. The SMILES string of the molecule is CCN(CC)c1ccc(CNC(=NC)NCc2cc(OC)c(OC)c(OC)c2)cn1. The van der Waals surface area contributed by atoms with Crippen LogP contribution in [0.1, 0.15) is 25.0 Å². The number of nitrogens with zero attached hydrogens (tertiary/aromatic N) is 3. The monoisotopic (exact) mass is 415 g/mol. The van der Waals surface area contributed by atoms with E-state index in [0.717, 1.165) is 30.0 Å². The molecule has 0 aliphatic rings. The van der Waals surface area contributed by atoms with Crippen molar-refractivity contribution >= 4 is 11.8 Å². The maximum atomic E-state index is 5.41. The minimum absolute atomic E-state index is 0.551. The van der Waals surface area contributed by atoms with Crippen LogP contribution in [-0.4, -0.2) is 52.4 Å². The molecule has 1 aromatic heterocycles. The summed E-state index contributed by atoms with van der Waals surface area (Å²) in [6, 6.07) is 7.96. The average Bonchev–Trinajstić information content (AvgIpc) is 2.80. The van der Waals surface area contributed by atoms with E-state index in [1.807, 2.05) is 18.3 Å². The third-order valence-electron chi connectivity index (χ3n) is 4.76. The van der Waals surface area contributed by atoms with Gasteiger partial charge >= 0.3 is 0 Å². The van der Waals surface area contributed by atoms with Gasteiger partial charge in [0, 0.05) is 39.4 Å². The van der Waals surface area contributed by atoms with Gasteiger partial charge in [-0.25, -0.2) is 4.98 Å². The summed E-state index contributed by atoms with van der Waals surface area (Å²) in [6.45, 7) is 7.32. The van der Waals surface area contributed by atoms with Gasteiger partial charge in [0.1, 0.15) is 5.82 Å². The van der Waals surface area contributed by atoms with Gasteiger partial charge in [-0.2, -0.15) is 0 Å². The van der Waals surface area contributed by atoms with Crippen molar-refractivity contribution < 1.29 is 14.2 Å². The Kier molecular flexibility index (Phi) is 9.05. The molecule has 164 valence electrons. The molecule has 0 aliphatic heterocycles. The van der Waals surface area contributed by atoms with Crippen molar-refractivity contribution in [2.24, 2.45) is 4.99 Å². The highest BCUT2D eigenvalue weighted by Gasteiger charge is 2.13. The summed E-state index contributed by atoms with van der Waals surface area (Å²) in [7, 11) is 6.54. The molecule has 1 aromatic carbocycles. The summed E-state index contributed by atoms with van der Waals surface area (Å²) in [6.07, 6.45) is 1.90. The minimum Gasteiger partial charge on any atom is -0.493 e. The number of methoxy groups -OCH3 is 3. The molecular weight excluding hydrogens is 382 g/mol. The molecule has 8 heteroatoms. The Labute approximate surface area is 179 Å². The van der Waals surface area contributed by atoms with E-state index in [-0.39, 0.29) is 0 Å². The highest BCUT2D eigenvalue weighted by atomic mass is 16.5. The lowest BCUT2D eigenvalue weighted by Gasteiger charge is -2.19. The molecule has 1 heterocycles. The third-order valence-corrected chi connectivity index (χ3v) is 4.76. The van der Waals surface area contributed by atoms with Gasteiger partial charge in [-0.3, -0.25) is 4.99 Å². The minimum atomic E-state index is 0.551. The molecule has 0 bridgehead atoms. The highest BCUT2D eigenvalue weighted by Crippen LogP contribution is 2.38. The van der Waals surface area contributed by atoms with Crippen molar-refractivity contribution in [3.63, 3.8) is 0 Å². The standard InChI is InChI=1S/C22H33N5O3/c1-7-27(8-2)20-10-9-16(13-24-20)14-25-22(23-3)26-15-17-11-18(28-4)21(30-6)19(12-17)29-5/h9-13H,7-8,14-15H2,1-6H3,(H2,23,25,26). The first-order chi connectivity index (χ1) is 14.6. The second-order valence-corrected chi connectivity index (χ2v) is 6.51. The van der Waals surface area contributed by atoms with E-state index < -0.39 is 0 Å². The van der Waals surface area contributed by atoms with E-state index in [0.29, 0.717) is 36.3 Å². The van der Waals surface area contributed by atoms with Crippen molar-refractivity contribution in [2.45, 2.75) is 26.9 Å². The van der Waals surface area contributed by atoms with Crippen LogP contribution in [-0.2, 0) is 13.1 Å². The van der Waals surface area contributed by atoms with Gasteiger partial charge in [-0.1, -0.05) is 6.07 Å². The Morgan fingerprint density at radius 3 is 1.97 bits per heavy atom. The summed E-state index contributed by atoms with van der Waals surface area (Å²) in [4.78, 5) is 11.1. The molecule has 2 aromatic rings. The number of aliphatic imine (C=N–C) groups is 1. The first kappa shape index (κ1) is 23.1. The molecule has 0 amide bonds. The maximum absolute atomic E-state index is 5.41. The van der Waals surface area contributed by atoms with Crippen molar-refractivity contribution in [2.75, 3.05) is 46.4 Å². The van der Waals surface area contributed by atoms with E-state index in [2.05, 4.69) is 51.5 Å². The predicted molar refractivity (Wildman–Crippen MR) is 121 cm³/mol. The second-order valence-electron chi connectivity index (χ2n) is 6.51. The number of aromatic nitrogens is 1. The van der Waals surface area contributed by atoms with Gasteiger partial charge in [-0.05, 0) is 43.2 Å². The lowest BCUT2D eigenvalue weighted by Crippen LogP contribution is -2.36. The van der Waals surface area contributed by atoms with Gasteiger partial charge in [0.15, 0.2) is 17.5 Å². The molecule has 0 fully saturated rings. The maximum Gasteiger partial charge on any atom is 0.203 e. The van der Waals surface area contributed by atoms with E-state index in [4.69, 9.17) is 14.2 Å². The molecule has 2 rings (SSSR count). The fourth-order valence-electron chi connectivity index (χ4n) is 3.09. The third kappa shape index (κ3) is 5.92. The number of hydrogen-bond acceptors (Lipinski definition) is 6. The zero-order valence-corrected chi connectivity index (χ0v) is 18.8. The molecule has 0 aliphatic carbocycles. The number of anilines is 1. The van der Waals surface area contributed by atoms with Crippen LogP contribution in [0.2, 0.25) is 0 Å². The van der Waals surface area contributed by atoms with Gasteiger partial charge < -0.3 is 29.7 Å². The van der Waals surface area contributed by atoms with E-state index in [9.17, 15) is 0 Å². The Morgan fingerprint density at radius 1 is 0.933 bits per heavy atom. The molecule has 8 nitrogen and oxygen atoms in total. The number of guanidine groups is 1. The molecule has 0 saturated carbocycles. The van der Waals surface area contributed by atoms with Gasteiger partial charge in [0.25, 0.3) is 0 Å². The smallest absolute Gasteiger partial charge is 0.203 e. The van der Waals surface area contributed by atoms with E-state index in [1.54, 1.807) is 28.4 Å². The van der Waals surface area contributed by atoms with Gasteiger partial charge in [-0.15, -0.1) is 0 Å². The van der Waals surface area contributed by atoms with Gasteiger partial charge in [0.2, 0.25) is 5.75 Å². The number of hydrogen-bond donors (Lipinski definition) is 2. The zero-order valence-electron chi connectivity index (χ0n) is 18.8. The summed E-state index contributed by atoms with van der Waals surface area (Å²) < 4.78 is 16.2. The van der Waals surface area contributed by atoms with Crippen molar-refractivity contribution in [3.05, 3.63) is 41.6 Å². The summed E-state index contributed by atoms with van der Waals surface area (Å²) in [5.74, 6) is 3.50. The van der Waals surface area contributed by atoms with Crippen molar-refractivity contribution in [1.82, 2.24) is 15.6 Å². The number of nitrogens with one attached hydrogen (secondary N) is 2. The van der Waals surface area contributed by atoms with Crippen LogP contribution in [0.15, 0.2) is 35.5 Å². The normalized spacial score (nSPS) is 11.1. The molecule has 0 unspecified atom stereocenters. The van der Waals surface area contributed by atoms with Crippen molar-refractivity contribution in [1.29, 1.82) is 0 Å². The first-order valence-electron chi connectivity index (χ1n) is 10.0. The molecule has 0 radical (unpaired) electrons. The summed E-state index contributed by atoms with van der Waals surface area (Å²) in [5, 5.41) is 6.61. The average molecular weight is 416 g/mol. The predicted octanol–water partition coefficient (Wildman–Crippen LogP) is 2.82. The number of ether oxygens (including phenoxy) is 3. The van der Waals surface area contributed by atoms with Crippen LogP contribution in [0.3, 0.4) is 0 Å². The lowest BCUT2D eigenvalue weighted by molar-refractivity contribution is 0.323. The Bertz CT molecular complexity index is 795. The van der Waals surface area contributed by atoms with E-state index >= 15 is 0 Å². The second kappa shape index (κ2) is 11.7.